The van der Waals surface area contributed by atoms with Crippen molar-refractivity contribution in [2.24, 2.45) is 0 Å². The third-order valence-electron chi connectivity index (χ3n) is 3.66. The largest absolute Gasteiger partial charge is 0.467 e. The van der Waals surface area contributed by atoms with E-state index in [-0.39, 0.29) is 12.0 Å². The Bertz CT molecular complexity index is 559. The van der Waals surface area contributed by atoms with Crippen LogP contribution < -0.4 is 0 Å². The maximum atomic E-state index is 12.6. The molecule has 1 fully saturated rings. The van der Waals surface area contributed by atoms with Gasteiger partial charge in [0.1, 0.15) is 11.9 Å². The first-order valence-electron chi connectivity index (χ1n) is 7.29. The molecule has 4 nitrogen and oxygen atoms in total. The van der Waals surface area contributed by atoms with Crippen LogP contribution in [0, 0.1) is 0 Å². The summed E-state index contributed by atoms with van der Waals surface area (Å²) < 4.78 is 10.9. The van der Waals surface area contributed by atoms with Gasteiger partial charge in [-0.25, -0.2) is 0 Å². The van der Waals surface area contributed by atoms with Crippen LogP contribution in [-0.2, 0) is 22.6 Å². The molecule has 1 aromatic carbocycles. The summed E-state index contributed by atoms with van der Waals surface area (Å²) in [5.41, 5.74) is 1.11. The lowest BCUT2D eigenvalue weighted by Crippen LogP contribution is -2.38. The molecule has 0 bridgehead atoms. The predicted molar refractivity (Wildman–Crippen MR) is 78.4 cm³/mol. The molecule has 0 saturated carbocycles. The van der Waals surface area contributed by atoms with Crippen molar-refractivity contribution >= 4 is 5.91 Å². The smallest absolute Gasteiger partial charge is 0.252 e. The molecule has 110 valence electrons. The zero-order valence-corrected chi connectivity index (χ0v) is 11.9. The quantitative estimate of drug-likeness (QED) is 0.848. The Morgan fingerprint density at radius 1 is 1.14 bits per heavy atom. The fourth-order valence-corrected chi connectivity index (χ4v) is 2.58. The van der Waals surface area contributed by atoms with Gasteiger partial charge in [0.05, 0.1) is 12.8 Å². The van der Waals surface area contributed by atoms with E-state index in [0.29, 0.717) is 19.7 Å². The molecule has 0 unspecified atom stereocenters. The highest BCUT2D eigenvalue weighted by Gasteiger charge is 2.28. The standard InChI is InChI=1S/C17H19NO3/c19-17(16-9-5-11-21-16)18(13-15-8-4-10-20-15)12-14-6-2-1-3-7-14/h1-4,6-8,10,16H,5,9,11-13H2/t16-/m0/s1. The first-order valence-corrected chi connectivity index (χ1v) is 7.29. The Kier molecular flexibility index (Phi) is 4.36. The second kappa shape index (κ2) is 6.59. The fourth-order valence-electron chi connectivity index (χ4n) is 2.58. The first kappa shape index (κ1) is 13.9. The van der Waals surface area contributed by atoms with Gasteiger partial charge in [-0.05, 0) is 30.5 Å². The molecule has 1 aromatic heterocycles. The normalized spacial score (nSPS) is 17.8. The molecule has 0 aliphatic carbocycles. The number of benzene rings is 1. The van der Waals surface area contributed by atoms with E-state index in [4.69, 9.17) is 9.15 Å². The minimum atomic E-state index is -0.302. The minimum absolute atomic E-state index is 0.0488. The summed E-state index contributed by atoms with van der Waals surface area (Å²) in [5, 5.41) is 0. The molecule has 21 heavy (non-hydrogen) atoms. The van der Waals surface area contributed by atoms with E-state index < -0.39 is 0 Å². The SMILES string of the molecule is O=C([C@@H]1CCCO1)N(Cc1ccccc1)Cc1ccco1. The summed E-state index contributed by atoms with van der Waals surface area (Å²) in [6.45, 7) is 1.72. The summed E-state index contributed by atoms with van der Waals surface area (Å²) in [6, 6.07) is 13.7. The van der Waals surface area contributed by atoms with Crippen LogP contribution in [0.5, 0.6) is 0 Å². The Morgan fingerprint density at radius 3 is 2.67 bits per heavy atom. The number of amides is 1. The molecule has 2 heterocycles. The highest BCUT2D eigenvalue weighted by molar-refractivity contribution is 5.81. The summed E-state index contributed by atoms with van der Waals surface area (Å²) in [7, 11) is 0. The molecule has 0 spiro atoms. The molecule has 1 aliphatic heterocycles. The van der Waals surface area contributed by atoms with Crippen molar-refractivity contribution in [1.82, 2.24) is 4.90 Å². The van der Waals surface area contributed by atoms with E-state index in [0.717, 1.165) is 24.2 Å². The molecule has 1 amide bonds. The van der Waals surface area contributed by atoms with Gasteiger partial charge in [-0.15, -0.1) is 0 Å². The third kappa shape index (κ3) is 3.52. The molecular formula is C17H19NO3. The van der Waals surface area contributed by atoms with Crippen LogP contribution in [0.25, 0.3) is 0 Å². The summed E-state index contributed by atoms with van der Waals surface area (Å²) in [5.74, 6) is 0.838. The molecular weight excluding hydrogens is 266 g/mol. The number of carbonyl (C=O) groups excluding carboxylic acids is 1. The number of ether oxygens (including phenoxy) is 1. The number of hydrogen-bond acceptors (Lipinski definition) is 3. The maximum Gasteiger partial charge on any atom is 0.252 e. The topological polar surface area (TPSA) is 42.7 Å². The van der Waals surface area contributed by atoms with Crippen molar-refractivity contribution in [3.63, 3.8) is 0 Å². The number of rotatable bonds is 5. The van der Waals surface area contributed by atoms with Gasteiger partial charge in [0, 0.05) is 13.2 Å². The van der Waals surface area contributed by atoms with Crippen molar-refractivity contribution < 1.29 is 13.9 Å². The Hall–Kier alpha value is -2.07. The number of furan rings is 1. The first-order chi connectivity index (χ1) is 10.3. The maximum absolute atomic E-state index is 12.6. The average Bonchev–Trinajstić information content (AvgIpc) is 3.20. The minimum Gasteiger partial charge on any atom is -0.467 e. The van der Waals surface area contributed by atoms with Crippen LogP contribution in [-0.4, -0.2) is 23.5 Å². The summed E-state index contributed by atoms with van der Waals surface area (Å²) in [6.07, 6.45) is 3.09. The Morgan fingerprint density at radius 2 is 2.00 bits per heavy atom. The van der Waals surface area contributed by atoms with E-state index in [9.17, 15) is 4.79 Å². The lowest BCUT2D eigenvalue weighted by Gasteiger charge is -2.24. The van der Waals surface area contributed by atoms with Crippen molar-refractivity contribution in [3.8, 4) is 0 Å². The zero-order valence-electron chi connectivity index (χ0n) is 11.9. The van der Waals surface area contributed by atoms with Crippen molar-refractivity contribution in [2.75, 3.05) is 6.61 Å². The van der Waals surface area contributed by atoms with E-state index >= 15 is 0 Å². The second-order valence-electron chi connectivity index (χ2n) is 5.26. The monoisotopic (exact) mass is 285 g/mol. The highest BCUT2D eigenvalue weighted by Crippen LogP contribution is 2.18. The van der Waals surface area contributed by atoms with Gasteiger partial charge in [-0.2, -0.15) is 0 Å². The average molecular weight is 285 g/mol. The fraction of sp³-hybridized carbons (Fsp3) is 0.353. The van der Waals surface area contributed by atoms with Gasteiger partial charge < -0.3 is 14.1 Å². The van der Waals surface area contributed by atoms with Crippen molar-refractivity contribution in [3.05, 3.63) is 60.1 Å². The summed E-state index contributed by atoms with van der Waals surface area (Å²) in [4.78, 5) is 14.4. The summed E-state index contributed by atoms with van der Waals surface area (Å²) >= 11 is 0. The molecule has 3 rings (SSSR count). The van der Waals surface area contributed by atoms with Gasteiger partial charge in [-0.1, -0.05) is 30.3 Å². The molecule has 2 aromatic rings. The third-order valence-corrected chi connectivity index (χ3v) is 3.66. The second-order valence-corrected chi connectivity index (χ2v) is 5.26. The van der Waals surface area contributed by atoms with Crippen LogP contribution in [0.2, 0.25) is 0 Å². The van der Waals surface area contributed by atoms with Crippen LogP contribution in [0.3, 0.4) is 0 Å². The molecule has 1 saturated heterocycles. The van der Waals surface area contributed by atoms with Crippen LogP contribution >= 0.6 is 0 Å². The molecule has 0 radical (unpaired) electrons. The Balaban J connectivity index is 1.74. The van der Waals surface area contributed by atoms with Gasteiger partial charge in [-0.3, -0.25) is 4.79 Å². The zero-order chi connectivity index (χ0) is 14.5. The van der Waals surface area contributed by atoms with Gasteiger partial charge in [0.2, 0.25) is 0 Å². The molecule has 1 aliphatic rings. The van der Waals surface area contributed by atoms with Crippen molar-refractivity contribution in [2.45, 2.75) is 32.0 Å². The number of nitrogens with zero attached hydrogens (tertiary/aromatic N) is 1. The highest BCUT2D eigenvalue weighted by atomic mass is 16.5. The van der Waals surface area contributed by atoms with E-state index in [1.807, 2.05) is 47.4 Å². The van der Waals surface area contributed by atoms with Crippen LogP contribution in [0.4, 0.5) is 0 Å². The molecule has 4 heteroatoms. The van der Waals surface area contributed by atoms with Crippen molar-refractivity contribution in [1.29, 1.82) is 0 Å². The van der Waals surface area contributed by atoms with Gasteiger partial charge in [0.25, 0.3) is 5.91 Å². The Labute approximate surface area is 124 Å². The van der Waals surface area contributed by atoms with E-state index in [1.54, 1.807) is 6.26 Å². The number of hydrogen-bond donors (Lipinski definition) is 0. The van der Waals surface area contributed by atoms with Crippen LogP contribution in [0.1, 0.15) is 24.2 Å². The number of carbonyl (C=O) groups is 1. The molecule has 1 atom stereocenters. The lowest BCUT2D eigenvalue weighted by molar-refractivity contribution is -0.142. The van der Waals surface area contributed by atoms with Crippen LogP contribution in [0.15, 0.2) is 53.1 Å². The van der Waals surface area contributed by atoms with E-state index in [2.05, 4.69) is 0 Å². The van der Waals surface area contributed by atoms with Gasteiger partial charge >= 0.3 is 0 Å². The molecule has 0 N–H and O–H groups in total. The van der Waals surface area contributed by atoms with Gasteiger partial charge in [0.15, 0.2) is 0 Å². The van der Waals surface area contributed by atoms with E-state index in [1.165, 1.54) is 0 Å². The lowest BCUT2D eigenvalue weighted by atomic mass is 10.1. The predicted octanol–water partition coefficient (Wildman–Crippen LogP) is 2.99.